The fraction of sp³-hybridized carbons (Fsp3) is 0.375. The number of ether oxygens (including phenoxy) is 1. The zero-order valence-corrected chi connectivity index (χ0v) is 17.5. The molecule has 0 aliphatic heterocycles. The van der Waals surface area contributed by atoms with Crippen LogP contribution in [-0.2, 0) is 27.6 Å². The lowest BCUT2D eigenvalue weighted by Crippen LogP contribution is -2.34. The van der Waals surface area contributed by atoms with E-state index in [2.05, 4.69) is 5.32 Å². The quantitative estimate of drug-likeness (QED) is 0.672. The van der Waals surface area contributed by atoms with Crippen LogP contribution in [0.15, 0.2) is 15.7 Å². The number of nitrogens with one attached hydrogen (secondary N) is 2. The Hall–Kier alpha value is -1.62. The van der Waals surface area contributed by atoms with Crippen molar-refractivity contribution in [3.8, 4) is 0 Å². The van der Waals surface area contributed by atoms with Gasteiger partial charge in [0.15, 0.2) is 0 Å². The molecule has 146 valence electrons. The smallest absolute Gasteiger partial charge is 0.341 e. The van der Waals surface area contributed by atoms with Crippen molar-refractivity contribution in [2.24, 2.45) is 0 Å². The van der Waals surface area contributed by atoms with E-state index in [-0.39, 0.29) is 15.8 Å². The Kier molecular flexibility index (Phi) is 6.09. The van der Waals surface area contributed by atoms with Crippen molar-refractivity contribution >= 4 is 61.3 Å². The third-order valence-corrected chi connectivity index (χ3v) is 8.24. The molecule has 7 nitrogen and oxygen atoms in total. The molecule has 2 aromatic heterocycles. The van der Waals surface area contributed by atoms with Crippen molar-refractivity contribution in [2.45, 2.75) is 36.8 Å². The summed E-state index contributed by atoms with van der Waals surface area (Å²) in [6.45, 7) is 1.91. The topological polar surface area (TPSA) is 102 Å². The second kappa shape index (κ2) is 8.17. The van der Waals surface area contributed by atoms with E-state index >= 15 is 0 Å². The van der Waals surface area contributed by atoms with E-state index in [1.165, 1.54) is 22.8 Å². The molecule has 0 atom stereocenters. The van der Waals surface area contributed by atoms with Gasteiger partial charge in [-0.25, -0.2) is 22.7 Å². The van der Waals surface area contributed by atoms with Gasteiger partial charge in [0.05, 0.1) is 17.2 Å². The molecule has 0 spiro atoms. The lowest BCUT2D eigenvalue weighted by Gasteiger charge is -2.12. The van der Waals surface area contributed by atoms with Gasteiger partial charge >= 0.3 is 12.0 Å². The largest absolute Gasteiger partial charge is 0.462 e. The molecule has 0 bridgehead atoms. The maximum absolute atomic E-state index is 12.4. The van der Waals surface area contributed by atoms with Crippen LogP contribution in [0, 0.1) is 0 Å². The van der Waals surface area contributed by atoms with Crippen LogP contribution in [0.25, 0.3) is 0 Å². The van der Waals surface area contributed by atoms with Gasteiger partial charge in [-0.2, -0.15) is 0 Å². The van der Waals surface area contributed by atoms with Gasteiger partial charge in [0.1, 0.15) is 9.21 Å². The summed E-state index contributed by atoms with van der Waals surface area (Å²) in [5, 5.41) is 4.54. The summed E-state index contributed by atoms with van der Waals surface area (Å²) in [4.78, 5) is 25.7. The highest BCUT2D eigenvalue weighted by molar-refractivity contribution is 7.92. The van der Waals surface area contributed by atoms with Crippen LogP contribution in [0.1, 0.15) is 40.6 Å². The van der Waals surface area contributed by atoms with Gasteiger partial charge in [-0.1, -0.05) is 11.6 Å². The fourth-order valence-corrected chi connectivity index (χ4v) is 6.40. The van der Waals surface area contributed by atoms with Crippen molar-refractivity contribution in [2.75, 3.05) is 11.9 Å². The number of aryl methyl sites for hydroxylation is 1. The monoisotopic (exact) mass is 448 g/mol. The molecule has 3 rings (SSSR count). The van der Waals surface area contributed by atoms with Gasteiger partial charge < -0.3 is 4.74 Å². The number of urea groups is 1. The first-order valence-corrected chi connectivity index (χ1v) is 11.8. The zero-order valence-electron chi connectivity index (χ0n) is 14.3. The molecule has 27 heavy (non-hydrogen) atoms. The molecule has 2 amide bonds. The molecule has 11 heteroatoms. The molecule has 2 heterocycles. The number of esters is 1. The van der Waals surface area contributed by atoms with Gasteiger partial charge in [0, 0.05) is 10.3 Å². The fourth-order valence-electron chi connectivity index (χ4n) is 2.81. The minimum absolute atomic E-state index is 0.0706. The van der Waals surface area contributed by atoms with Crippen molar-refractivity contribution in [1.82, 2.24) is 4.72 Å². The van der Waals surface area contributed by atoms with Crippen LogP contribution in [-0.4, -0.2) is 27.0 Å². The van der Waals surface area contributed by atoms with E-state index in [1.807, 2.05) is 4.72 Å². The number of sulfonamides is 1. The van der Waals surface area contributed by atoms with Crippen LogP contribution in [0.4, 0.5) is 9.80 Å². The van der Waals surface area contributed by atoms with E-state index in [1.54, 1.807) is 6.92 Å². The Morgan fingerprint density at radius 1 is 1.30 bits per heavy atom. The molecule has 2 N–H and O–H groups in total. The van der Waals surface area contributed by atoms with E-state index in [0.29, 0.717) is 10.6 Å². The first-order chi connectivity index (χ1) is 12.8. The highest BCUT2D eigenvalue weighted by Gasteiger charge is 2.28. The molecule has 1 aliphatic rings. The molecule has 1 aliphatic carbocycles. The normalized spacial score (nSPS) is 13.7. The third kappa shape index (κ3) is 4.45. The summed E-state index contributed by atoms with van der Waals surface area (Å²) in [6.07, 6.45) is 3.52. The van der Waals surface area contributed by atoms with Gasteiger partial charge in [0.25, 0.3) is 10.0 Å². The average molecular weight is 449 g/mol. The maximum atomic E-state index is 12.4. The number of thiophene rings is 2. The predicted octanol–water partition coefficient (Wildman–Crippen LogP) is 4.03. The molecule has 0 radical (unpaired) electrons. The predicted molar refractivity (Wildman–Crippen MR) is 106 cm³/mol. The maximum Gasteiger partial charge on any atom is 0.341 e. The summed E-state index contributed by atoms with van der Waals surface area (Å²) in [5.74, 6) is -0.514. The first-order valence-electron chi connectivity index (χ1n) is 8.21. The van der Waals surface area contributed by atoms with Crippen LogP contribution >= 0.6 is 34.3 Å². The summed E-state index contributed by atoms with van der Waals surface area (Å²) in [6, 6.07) is 0.319. The van der Waals surface area contributed by atoms with Crippen molar-refractivity contribution in [1.29, 1.82) is 0 Å². The summed E-state index contributed by atoms with van der Waals surface area (Å²) >= 11 is 7.94. The lowest BCUT2D eigenvalue weighted by molar-refractivity contribution is 0.0526. The lowest BCUT2D eigenvalue weighted by atomic mass is 9.95. The van der Waals surface area contributed by atoms with Crippen molar-refractivity contribution in [3.63, 3.8) is 0 Å². The number of hydrogen-bond acceptors (Lipinski definition) is 7. The summed E-state index contributed by atoms with van der Waals surface area (Å²) in [7, 11) is -4.04. The van der Waals surface area contributed by atoms with E-state index in [9.17, 15) is 18.0 Å². The number of rotatable bonds is 5. The molecule has 0 unspecified atom stereocenters. The standard InChI is InChI=1S/C16H17ClN2O5S3/c1-2-24-15(20)13-10-5-3-4-6-11(10)26-14(13)18-16(21)19-27(22,23)12-7-9(17)8-25-12/h7-8H,2-6H2,1H3,(H2,18,19,21). The number of carbonyl (C=O) groups excluding carboxylic acids is 2. The Labute approximate surface area is 169 Å². The van der Waals surface area contributed by atoms with Crippen LogP contribution < -0.4 is 10.0 Å². The minimum Gasteiger partial charge on any atom is -0.462 e. The molecule has 0 saturated heterocycles. The Morgan fingerprint density at radius 3 is 2.70 bits per heavy atom. The van der Waals surface area contributed by atoms with Crippen LogP contribution in [0.3, 0.4) is 0 Å². The molecule has 2 aromatic rings. The van der Waals surface area contributed by atoms with Gasteiger partial charge in [-0.3, -0.25) is 5.32 Å². The minimum atomic E-state index is -4.04. The van der Waals surface area contributed by atoms with Crippen molar-refractivity contribution < 1.29 is 22.7 Å². The van der Waals surface area contributed by atoms with Crippen LogP contribution in [0.5, 0.6) is 0 Å². The number of amides is 2. The van der Waals surface area contributed by atoms with E-state index in [0.717, 1.165) is 47.5 Å². The van der Waals surface area contributed by atoms with Gasteiger partial charge in [-0.05, 0) is 44.2 Å². The summed E-state index contributed by atoms with van der Waals surface area (Å²) < 4.78 is 31.5. The number of anilines is 1. The summed E-state index contributed by atoms with van der Waals surface area (Å²) in [5.41, 5.74) is 1.20. The Bertz CT molecular complexity index is 980. The second-order valence-corrected chi connectivity index (χ2v) is 10.1. The van der Waals surface area contributed by atoms with E-state index in [4.69, 9.17) is 16.3 Å². The Morgan fingerprint density at radius 2 is 2.04 bits per heavy atom. The highest BCUT2D eigenvalue weighted by Crippen LogP contribution is 2.38. The number of fused-ring (bicyclic) bond motifs is 1. The number of carbonyl (C=O) groups is 2. The third-order valence-electron chi connectivity index (χ3n) is 3.91. The SMILES string of the molecule is CCOC(=O)c1c(NC(=O)NS(=O)(=O)c2cc(Cl)cs2)sc2c1CCCC2. The van der Waals surface area contributed by atoms with Gasteiger partial charge in [0.2, 0.25) is 0 Å². The average Bonchev–Trinajstić information content (AvgIpc) is 3.18. The number of hydrogen-bond donors (Lipinski definition) is 2. The molecular formula is C16H17ClN2O5S3. The van der Waals surface area contributed by atoms with E-state index < -0.39 is 22.0 Å². The first kappa shape index (κ1) is 20.1. The molecule has 0 aromatic carbocycles. The second-order valence-electron chi connectivity index (χ2n) is 5.78. The van der Waals surface area contributed by atoms with Crippen molar-refractivity contribution in [3.05, 3.63) is 32.5 Å². The highest BCUT2D eigenvalue weighted by atomic mass is 35.5. The van der Waals surface area contributed by atoms with Gasteiger partial charge in [-0.15, -0.1) is 22.7 Å². The number of halogens is 1. The van der Waals surface area contributed by atoms with Crippen LogP contribution in [0.2, 0.25) is 5.02 Å². The Balaban J connectivity index is 1.83. The zero-order chi connectivity index (χ0) is 19.6. The molecular weight excluding hydrogens is 432 g/mol. The molecule has 0 fully saturated rings. The molecule has 0 saturated carbocycles.